The van der Waals surface area contributed by atoms with Gasteiger partial charge in [-0.2, -0.15) is 16.9 Å². The summed E-state index contributed by atoms with van der Waals surface area (Å²) in [6, 6.07) is 0. The van der Waals surface area contributed by atoms with E-state index in [9.17, 15) is 4.79 Å². The van der Waals surface area contributed by atoms with Gasteiger partial charge in [0.15, 0.2) is 0 Å². The molecular formula is C13H22N4OS. The first kappa shape index (κ1) is 14.2. The second kappa shape index (κ2) is 6.32. The van der Waals surface area contributed by atoms with E-state index in [-0.39, 0.29) is 12.5 Å². The van der Waals surface area contributed by atoms with E-state index in [0.29, 0.717) is 11.6 Å². The van der Waals surface area contributed by atoms with E-state index in [1.165, 1.54) is 24.3 Å². The summed E-state index contributed by atoms with van der Waals surface area (Å²) in [6.07, 6.45) is 2.41. The van der Waals surface area contributed by atoms with E-state index in [0.717, 1.165) is 17.9 Å². The van der Waals surface area contributed by atoms with Gasteiger partial charge in [-0.25, -0.2) is 0 Å². The Kier molecular flexibility index (Phi) is 4.74. The molecule has 3 N–H and O–H groups in total. The van der Waals surface area contributed by atoms with Crippen LogP contribution < -0.4 is 11.1 Å². The van der Waals surface area contributed by atoms with Crippen LogP contribution in [-0.4, -0.2) is 33.7 Å². The summed E-state index contributed by atoms with van der Waals surface area (Å²) < 4.78 is 1.68. The number of thioether (sulfide) groups is 1. The van der Waals surface area contributed by atoms with Crippen molar-refractivity contribution >= 4 is 23.4 Å². The second-order valence-corrected chi connectivity index (χ2v) is 6.33. The molecule has 0 saturated carbocycles. The molecule has 1 fully saturated rings. The molecule has 0 aromatic carbocycles. The van der Waals surface area contributed by atoms with Crippen LogP contribution in [0.25, 0.3) is 0 Å². The van der Waals surface area contributed by atoms with E-state index in [2.05, 4.69) is 10.4 Å². The number of carbonyl (C=O) groups excluding carboxylic acids is 1. The number of nitrogen functional groups attached to an aromatic ring is 1. The second-order valence-electron chi connectivity index (χ2n) is 5.10. The van der Waals surface area contributed by atoms with Crippen LogP contribution in [0.3, 0.4) is 0 Å². The van der Waals surface area contributed by atoms with Crippen LogP contribution in [0.15, 0.2) is 0 Å². The summed E-state index contributed by atoms with van der Waals surface area (Å²) in [4.78, 5) is 11.9. The molecule has 1 aliphatic heterocycles. The molecule has 0 radical (unpaired) electrons. The van der Waals surface area contributed by atoms with Crippen molar-refractivity contribution in [3.63, 3.8) is 0 Å². The molecule has 5 nitrogen and oxygen atoms in total. The Morgan fingerprint density at radius 1 is 1.47 bits per heavy atom. The Morgan fingerprint density at radius 3 is 2.74 bits per heavy atom. The highest BCUT2D eigenvalue weighted by Crippen LogP contribution is 2.21. The summed E-state index contributed by atoms with van der Waals surface area (Å²) in [5, 5.41) is 7.28. The van der Waals surface area contributed by atoms with Crippen LogP contribution in [0.4, 0.5) is 5.69 Å². The third-order valence-corrected chi connectivity index (χ3v) is 4.71. The molecule has 0 bridgehead atoms. The van der Waals surface area contributed by atoms with E-state index in [1.807, 2.05) is 25.6 Å². The predicted octanol–water partition coefficient (Wildman–Crippen LogP) is 1.34. The number of nitrogens with two attached hydrogens (primary N) is 1. The molecule has 1 aromatic rings. The van der Waals surface area contributed by atoms with Crippen molar-refractivity contribution in [2.45, 2.75) is 33.2 Å². The minimum atomic E-state index is 0.0174. The Labute approximate surface area is 118 Å². The van der Waals surface area contributed by atoms with Gasteiger partial charge in [0.05, 0.1) is 17.1 Å². The maximum absolute atomic E-state index is 11.9. The largest absolute Gasteiger partial charge is 0.396 e. The molecule has 0 spiro atoms. The molecule has 106 valence electrons. The van der Waals surface area contributed by atoms with Crippen molar-refractivity contribution in [2.75, 3.05) is 23.8 Å². The zero-order valence-corrected chi connectivity index (χ0v) is 12.4. The summed E-state index contributed by atoms with van der Waals surface area (Å²) in [7, 11) is 0. The van der Waals surface area contributed by atoms with Crippen LogP contribution in [-0.2, 0) is 11.3 Å². The van der Waals surface area contributed by atoms with Gasteiger partial charge in [0.1, 0.15) is 6.54 Å². The normalized spacial score (nSPS) is 16.5. The molecule has 0 atom stereocenters. The molecule has 6 heteroatoms. The zero-order chi connectivity index (χ0) is 13.8. The third-order valence-electron chi connectivity index (χ3n) is 3.66. The number of rotatable bonds is 4. The van der Waals surface area contributed by atoms with Crippen molar-refractivity contribution in [3.05, 3.63) is 11.4 Å². The van der Waals surface area contributed by atoms with Crippen LogP contribution in [0.5, 0.6) is 0 Å². The van der Waals surface area contributed by atoms with E-state index < -0.39 is 0 Å². The Bertz CT molecular complexity index is 452. The molecule has 2 rings (SSSR count). The van der Waals surface area contributed by atoms with Crippen molar-refractivity contribution in [3.8, 4) is 0 Å². The van der Waals surface area contributed by atoms with Crippen LogP contribution >= 0.6 is 11.8 Å². The van der Waals surface area contributed by atoms with Gasteiger partial charge in [-0.3, -0.25) is 9.48 Å². The van der Waals surface area contributed by atoms with Crippen molar-refractivity contribution < 1.29 is 4.79 Å². The lowest BCUT2D eigenvalue weighted by Crippen LogP contribution is -2.33. The smallest absolute Gasteiger partial charge is 0.241 e. The molecule has 2 heterocycles. The monoisotopic (exact) mass is 282 g/mol. The van der Waals surface area contributed by atoms with Crippen molar-refractivity contribution in [1.82, 2.24) is 15.1 Å². The third kappa shape index (κ3) is 3.65. The van der Waals surface area contributed by atoms with E-state index in [1.54, 1.807) is 4.68 Å². The first-order valence-corrected chi connectivity index (χ1v) is 7.87. The quantitative estimate of drug-likeness (QED) is 0.874. The number of aryl methyl sites for hydroxylation is 1. The highest BCUT2D eigenvalue weighted by atomic mass is 32.2. The highest BCUT2D eigenvalue weighted by Gasteiger charge is 2.16. The maximum atomic E-state index is 11.9. The maximum Gasteiger partial charge on any atom is 0.241 e. The van der Waals surface area contributed by atoms with E-state index >= 15 is 0 Å². The molecule has 1 amide bonds. The Balaban J connectivity index is 1.82. The number of anilines is 1. The molecule has 19 heavy (non-hydrogen) atoms. The number of hydrogen-bond donors (Lipinski definition) is 2. The first-order chi connectivity index (χ1) is 9.08. The predicted molar refractivity (Wildman–Crippen MR) is 79.2 cm³/mol. The topological polar surface area (TPSA) is 72.9 Å². The molecule has 1 saturated heterocycles. The number of hydrogen-bond acceptors (Lipinski definition) is 4. The van der Waals surface area contributed by atoms with Crippen LogP contribution in [0, 0.1) is 19.8 Å². The van der Waals surface area contributed by atoms with Gasteiger partial charge in [0, 0.05) is 6.54 Å². The molecule has 0 aliphatic carbocycles. The zero-order valence-electron chi connectivity index (χ0n) is 11.6. The Morgan fingerprint density at radius 2 is 2.16 bits per heavy atom. The minimum Gasteiger partial charge on any atom is -0.396 e. The fourth-order valence-corrected chi connectivity index (χ4v) is 3.47. The van der Waals surface area contributed by atoms with Gasteiger partial charge in [0.25, 0.3) is 0 Å². The summed E-state index contributed by atoms with van der Waals surface area (Å²) in [6.45, 7) is 4.79. The SMILES string of the molecule is Cc1nn(CC(=O)NCC2CCSCC2)c(C)c1N. The van der Waals surface area contributed by atoms with Gasteiger partial charge in [-0.15, -0.1) is 0 Å². The molecule has 1 aliphatic rings. The van der Waals surface area contributed by atoms with Crippen LogP contribution in [0.2, 0.25) is 0 Å². The minimum absolute atomic E-state index is 0.0174. The molecule has 1 aromatic heterocycles. The number of nitrogens with one attached hydrogen (secondary N) is 1. The van der Waals surface area contributed by atoms with Gasteiger partial charge in [-0.1, -0.05) is 0 Å². The molecule has 0 unspecified atom stereocenters. The van der Waals surface area contributed by atoms with E-state index in [4.69, 9.17) is 5.73 Å². The standard InChI is InChI=1S/C13H22N4OS/c1-9-13(14)10(2)17(16-9)8-12(18)15-7-11-3-5-19-6-4-11/h11H,3-8,14H2,1-2H3,(H,15,18). The highest BCUT2D eigenvalue weighted by molar-refractivity contribution is 7.99. The summed E-state index contributed by atoms with van der Waals surface area (Å²) in [5.74, 6) is 3.09. The number of nitrogens with zero attached hydrogens (tertiary/aromatic N) is 2. The van der Waals surface area contributed by atoms with Gasteiger partial charge < -0.3 is 11.1 Å². The molecular weight excluding hydrogens is 260 g/mol. The lowest BCUT2D eigenvalue weighted by atomic mass is 10.0. The summed E-state index contributed by atoms with van der Waals surface area (Å²) >= 11 is 2.00. The lowest BCUT2D eigenvalue weighted by molar-refractivity contribution is -0.122. The average molecular weight is 282 g/mol. The first-order valence-electron chi connectivity index (χ1n) is 6.72. The van der Waals surface area contributed by atoms with Gasteiger partial charge in [-0.05, 0) is 44.1 Å². The number of aromatic nitrogens is 2. The summed E-state index contributed by atoms with van der Waals surface area (Å²) in [5.41, 5.74) is 8.18. The fourth-order valence-electron chi connectivity index (χ4n) is 2.27. The van der Waals surface area contributed by atoms with Gasteiger partial charge in [0.2, 0.25) is 5.91 Å². The number of carbonyl (C=O) groups is 1. The lowest BCUT2D eigenvalue weighted by Gasteiger charge is -2.21. The average Bonchev–Trinajstić information content (AvgIpc) is 2.65. The fraction of sp³-hybridized carbons (Fsp3) is 0.692. The van der Waals surface area contributed by atoms with Crippen LogP contribution in [0.1, 0.15) is 24.2 Å². The van der Waals surface area contributed by atoms with Crippen molar-refractivity contribution in [1.29, 1.82) is 0 Å². The Hall–Kier alpha value is -1.17. The van der Waals surface area contributed by atoms with Crippen molar-refractivity contribution in [2.24, 2.45) is 5.92 Å². The van der Waals surface area contributed by atoms with Gasteiger partial charge >= 0.3 is 0 Å². The number of amides is 1.